The molecule has 2 nitrogen and oxygen atoms in total. The van der Waals surface area contributed by atoms with E-state index in [0.29, 0.717) is 16.8 Å². The van der Waals surface area contributed by atoms with Crippen LogP contribution in [-0.2, 0) is 6.42 Å². The van der Waals surface area contributed by atoms with Gasteiger partial charge in [-0.2, -0.15) is 0 Å². The predicted octanol–water partition coefficient (Wildman–Crippen LogP) is 2.91. The Bertz CT molecular complexity index is 286. The second-order valence-electron chi connectivity index (χ2n) is 3.42. The zero-order valence-electron chi connectivity index (χ0n) is 8.05. The van der Waals surface area contributed by atoms with Gasteiger partial charge in [0, 0.05) is 6.20 Å². The summed E-state index contributed by atoms with van der Waals surface area (Å²) in [4.78, 5) is 4.01. The molecular weight excluding hydrogens is 184 g/mol. The molecule has 1 aromatic heterocycles. The summed E-state index contributed by atoms with van der Waals surface area (Å²) >= 11 is 5.83. The van der Waals surface area contributed by atoms with Gasteiger partial charge in [0.25, 0.3) is 0 Å². The van der Waals surface area contributed by atoms with Crippen molar-refractivity contribution < 1.29 is 0 Å². The first kappa shape index (κ1) is 10.3. The average molecular weight is 199 g/mol. The molecule has 0 saturated carbocycles. The minimum atomic E-state index is 0.602. The van der Waals surface area contributed by atoms with E-state index >= 15 is 0 Å². The molecule has 0 saturated heterocycles. The molecular formula is C10H15ClN2. The Morgan fingerprint density at radius 3 is 2.92 bits per heavy atom. The van der Waals surface area contributed by atoms with Gasteiger partial charge in [0.2, 0.25) is 0 Å². The summed E-state index contributed by atoms with van der Waals surface area (Å²) in [5.74, 6) is 1.23. The Kier molecular flexibility index (Phi) is 3.55. The highest BCUT2D eigenvalue weighted by molar-refractivity contribution is 6.30. The van der Waals surface area contributed by atoms with Crippen LogP contribution in [0.4, 0.5) is 5.82 Å². The Morgan fingerprint density at radius 1 is 1.62 bits per heavy atom. The Labute approximate surface area is 84.1 Å². The van der Waals surface area contributed by atoms with Gasteiger partial charge in [-0.1, -0.05) is 31.9 Å². The van der Waals surface area contributed by atoms with Crippen molar-refractivity contribution in [2.45, 2.75) is 26.7 Å². The maximum absolute atomic E-state index is 5.83. The molecule has 13 heavy (non-hydrogen) atoms. The highest BCUT2D eigenvalue weighted by Gasteiger charge is 2.05. The molecule has 72 valence electrons. The third-order valence-electron chi connectivity index (χ3n) is 2.23. The summed E-state index contributed by atoms with van der Waals surface area (Å²) in [5.41, 5.74) is 6.78. The zero-order chi connectivity index (χ0) is 9.84. The summed E-state index contributed by atoms with van der Waals surface area (Å²) < 4.78 is 0. The van der Waals surface area contributed by atoms with Crippen molar-refractivity contribution in [1.29, 1.82) is 0 Å². The SMILES string of the molecule is CCC(C)Cc1cc(Cl)cnc1N. The number of nitrogen functional groups attached to an aromatic ring is 1. The second-order valence-corrected chi connectivity index (χ2v) is 3.85. The van der Waals surface area contributed by atoms with E-state index in [9.17, 15) is 0 Å². The fourth-order valence-electron chi connectivity index (χ4n) is 1.18. The number of halogens is 1. The van der Waals surface area contributed by atoms with Crippen LogP contribution in [0.5, 0.6) is 0 Å². The number of aromatic nitrogens is 1. The van der Waals surface area contributed by atoms with Crippen LogP contribution in [0.1, 0.15) is 25.8 Å². The number of pyridine rings is 1. The lowest BCUT2D eigenvalue weighted by atomic mass is 9.99. The van der Waals surface area contributed by atoms with Gasteiger partial charge in [0.05, 0.1) is 5.02 Å². The predicted molar refractivity (Wildman–Crippen MR) is 56.8 cm³/mol. The van der Waals surface area contributed by atoms with Crippen LogP contribution in [0, 0.1) is 5.92 Å². The normalized spacial score (nSPS) is 12.8. The second kappa shape index (κ2) is 4.47. The van der Waals surface area contributed by atoms with Gasteiger partial charge in [-0.15, -0.1) is 0 Å². The number of hydrogen-bond acceptors (Lipinski definition) is 2. The molecule has 0 aromatic carbocycles. The molecule has 0 fully saturated rings. The minimum Gasteiger partial charge on any atom is -0.383 e. The van der Waals surface area contributed by atoms with Gasteiger partial charge in [-0.05, 0) is 24.0 Å². The number of anilines is 1. The molecule has 2 N–H and O–H groups in total. The van der Waals surface area contributed by atoms with Crippen LogP contribution >= 0.6 is 11.6 Å². The summed E-state index contributed by atoms with van der Waals surface area (Å²) in [6.45, 7) is 4.36. The Balaban J connectivity index is 2.81. The van der Waals surface area contributed by atoms with Gasteiger partial charge in [0.15, 0.2) is 0 Å². The zero-order valence-corrected chi connectivity index (χ0v) is 8.80. The number of nitrogens with zero attached hydrogens (tertiary/aromatic N) is 1. The lowest BCUT2D eigenvalue weighted by Gasteiger charge is -2.09. The van der Waals surface area contributed by atoms with E-state index in [0.717, 1.165) is 18.4 Å². The first-order valence-electron chi connectivity index (χ1n) is 4.53. The van der Waals surface area contributed by atoms with Crippen LogP contribution in [0.2, 0.25) is 5.02 Å². The molecule has 0 aliphatic carbocycles. The molecule has 0 aliphatic rings. The first-order chi connectivity index (χ1) is 6.13. The monoisotopic (exact) mass is 198 g/mol. The molecule has 0 spiro atoms. The van der Waals surface area contributed by atoms with Gasteiger partial charge in [-0.25, -0.2) is 4.98 Å². The molecule has 0 aliphatic heterocycles. The summed E-state index contributed by atoms with van der Waals surface area (Å²) in [6, 6.07) is 1.90. The van der Waals surface area contributed by atoms with Crippen LogP contribution < -0.4 is 5.73 Å². The van der Waals surface area contributed by atoms with Gasteiger partial charge >= 0.3 is 0 Å². The van der Waals surface area contributed by atoms with E-state index in [1.54, 1.807) is 6.20 Å². The molecule has 1 heterocycles. The smallest absolute Gasteiger partial charge is 0.126 e. The number of hydrogen-bond donors (Lipinski definition) is 1. The molecule has 1 unspecified atom stereocenters. The fraction of sp³-hybridized carbons (Fsp3) is 0.500. The van der Waals surface area contributed by atoms with E-state index in [2.05, 4.69) is 18.8 Å². The molecule has 1 atom stereocenters. The van der Waals surface area contributed by atoms with Crippen molar-refractivity contribution >= 4 is 17.4 Å². The average Bonchev–Trinajstić information content (AvgIpc) is 2.11. The highest BCUT2D eigenvalue weighted by atomic mass is 35.5. The first-order valence-corrected chi connectivity index (χ1v) is 4.91. The minimum absolute atomic E-state index is 0.602. The van der Waals surface area contributed by atoms with Crippen molar-refractivity contribution in [2.24, 2.45) is 5.92 Å². The Hall–Kier alpha value is -0.760. The topological polar surface area (TPSA) is 38.9 Å². The van der Waals surface area contributed by atoms with Crippen molar-refractivity contribution in [3.8, 4) is 0 Å². The van der Waals surface area contributed by atoms with Gasteiger partial charge < -0.3 is 5.73 Å². The maximum Gasteiger partial charge on any atom is 0.126 e. The summed E-state index contributed by atoms with van der Waals surface area (Å²) in [5, 5.41) is 0.660. The van der Waals surface area contributed by atoms with E-state index in [-0.39, 0.29) is 0 Å². The largest absolute Gasteiger partial charge is 0.383 e. The summed E-state index contributed by atoms with van der Waals surface area (Å²) in [6.07, 6.45) is 3.68. The van der Waals surface area contributed by atoms with Crippen molar-refractivity contribution in [3.63, 3.8) is 0 Å². The third kappa shape index (κ3) is 2.88. The van der Waals surface area contributed by atoms with Crippen LogP contribution in [0.3, 0.4) is 0 Å². The molecule has 3 heteroatoms. The fourth-order valence-corrected chi connectivity index (χ4v) is 1.36. The molecule has 0 bridgehead atoms. The lowest BCUT2D eigenvalue weighted by molar-refractivity contribution is 0.560. The molecule has 1 aromatic rings. The van der Waals surface area contributed by atoms with Crippen molar-refractivity contribution in [3.05, 3.63) is 22.8 Å². The molecule has 0 amide bonds. The van der Waals surface area contributed by atoms with Gasteiger partial charge in [-0.3, -0.25) is 0 Å². The number of nitrogens with two attached hydrogens (primary N) is 1. The van der Waals surface area contributed by atoms with Crippen molar-refractivity contribution in [2.75, 3.05) is 5.73 Å². The maximum atomic E-state index is 5.83. The van der Waals surface area contributed by atoms with E-state index in [1.807, 2.05) is 6.07 Å². The van der Waals surface area contributed by atoms with Crippen LogP contribution in [0.25, 0.3) is 0 Å². The summed E-state index contributed by atoms with van der Waals surface area (Å²) in [7, 11) is 0. The van der Waals surface area contributed by atoms with E-state index in [4.69, 9.17) is 17.3 Å². The molecule has 1 rings (SSSR count). The van der Waals surface area contributed by atoms with Crippen molar-refractivity contribution in [1.82, 2.24) is 4.98 Å². The standard InChI is InChI=1S/C10H15ClN2/c1-3-7(2)4-8-5-9(11)6-13-10(8)12/h5-7H,3-4H2,1-2H3,(H2,12,13). The highest BCUT2D eigenvalue weighted by Crippen LogP contribution is 2.19. The third-order valence-corrected chi connectivity index (χ3v) is 2.44. The van der Waals surface area contributed by atoms with E-state index in [1.165, 1.54) is 0 Å². The van der Waals surface area contributed by atoms with E-state index < -0.39 is 0 Å². The quantitative estimate of drug-likeness (QED) is 0.811. The number of rotatable bonds is 3. The lowest BCUT2D eigenvalue weighted by Crippen LogP contribution is -2.03. The van der Waals surface area contributed by atoms with Crippen LogP contribution in [0.15, 0.2) is 12.3 Å². The van der Waals surface area contributed by atoms with Gasteiger partial charge in [0.1, 0.15) is 5.82 Å². The van der Waals surface area contributed by atoms with Crippen LogP contribution in [-0.4, -0.2) is 4.98 Å². The molecule has 0 radical (unpaired) electrons. The Morgan fingerprint density at radius 2 is 2.31 bits per heavy atom.